The highest BCUT2D eigenvalue weighted by molar-refractivity contribution is 5.97. The highest BCUT2D eigenvalue weighted by Crippen LogP contribution is 2.21. The molecule has 0 saturated carbocycles. The number of carbonyl (C=O) groups excluding carboxylic acids is 1. The standard InChI is InChI=1S/C19H21N5O/c1-13-9-10-16(11-14(13)2)20-18-17(21-23-22-18)19(25)24(3)12-15-7-5-4-6-8-15/h4-11H,12H2,1-3H3,(H2,20,21,22,23). The number of anilines is 2. The number of carbonyl (C=O) groups is 1. The van der Waals surface area contributed by atoms with Crippen molar-refractivity contribution in [2.24, 2.45) is 0 Å². The number of aromatic nitrogens is 3. The Balaban J connectivity index is 1.76. The van der Waals surface area contributed by atoms with Crippen LogP contribution < -0.4 is 5.32 Å². The van der Waals surface area contributed by atoms with E-state index < -0.39 is 0 Å². The lowest BCUT2D eigenvalue weighted by atomic mass is 10.1. The van der Waals surface area contributed by atoms with Crippen molar-refractivity contribution in [1.82, 2.24) is 20.3 Å². The van der Waals surface area contributed by atoms with Gasteiger partial charge in [-0.25, -0.2) is 0 Å². The van der Waals surface area contributed by atoms with Crippen molar-refractivity contribution in [1.29, 1.82) is 0 Å². The highest BCUT2D eigenvalue weighted by Gasteiger charge is 2.20. The fourth-order valence-electron chi connectivity index (χ4n) is 2.53. The number of aryl methyl sites for hydroxylation is 2. The minimum atomic E-state index is -0.191. The fraction of sp³-hybridized carbons (Fsp3) is 0.211. The number of aromatic amines is 1. The summed E-state index contributed by atoms with van der Waals surface area (Å²) in [6.07, 6.45) is 0. The zero-order valence-corrected chi connectivity index (χ0v) is 14.6. The number of nitrogens with one attached hydrogen (secondary N) is 2. The number of hydrogen-bond acceptors (Lipinski definition) is 4. The van der Waals surface area contributed by atoms with Gasteiger partial charge in [-0.05, 0) is 42.7 Å². The van der Waals surface area contributed by atoms with E-state index in [0.717, 1.165) is 11.3 Å². The molecule has 6 heteroatoms. The van der Waals surface area contributed by atoms with E-state index in [-0.39, 0.29) is 11.6 Å². The molecule has 0 saturated heterocycles. The van der Waals surface area contributed by atoms with Crippen molar-refractivity contribution < 1.29 is 4.79 Å². The lowest BCUT2D eigenvalue weighted by Crippen LogP contribution is -2.27. The van der Waals surface area contributed by atoms with Crippen LogP contribution in [0.4, 0.5) is 11.5 Å². The first-order chi connectivity index (χ1) is 12.0. The molecular weight excluding hydrogens is 314 g/mol. The second kappa shape index (κ2) is 7.17. The Morgan fingerprint density at radius 3 is 2.56 bits per heavy atom. The molecule has 1 heterocycles. The predicted octanol–water partition coefficient (Wildman–Crippen LogP) is 3.44. The van der Waals surface area contributed by atoms with Crippen molar-refractivity contribution in [2.75, 3.05) is 12.4 Å². The molecule has 0 aliphatic heterocycles. The average Bonchev–Trinajstić information content (AvgIpc) is 3.06. The summed E-state index contributed by atoms with van der Waals surface area (Å²) in [6, 6.07) is 15.8. The van der Waals surface area contributed by atoms with E-state index >= 15 is 0 Å². The molecule has 0 unspecified atom stereocenters. The Kier molecular flexibility index (Phi) is 4.79. The molecule has 2 N–H and O–H groups in total. The van der Waals surface area contributed by atoms with Gasteiger partial charge in [0.25, 0.3) is 5.91 Å². The van der Waals surface area contributed by atoms with E-state index in [9.17, 15) is 4.79 Å². The van der Waals surface area contributed by atoms with E-state index in [0.29, 0.717) is 12.4 Å². The summed E-state index contributed by atoms with van der Waals surface area (Å²) in [5.74, 6) is 0.233. The van der Waals surface area contributed by atoms with Crippen LogP contribution >= 0.6 is 0 Å². The lowest BCUT2D eigenvalue weighted by molar-refractivity contribution is 0.0780. The summed E-state index contributed by atoms with van der Waals surface area (Å²) in [5.41, 5.74) is 4.59. The summed E-state index contributed by atoms with van der Waals surface area (Å²) >= 11 is 0. The fourth-order valence-corrected chi connectivity index (χ4v) is 2.53. The van der Waals surface area contributed by atoms with Crippen LogP contribution in [-0.2, 0) is 6.54 Å². The van der Waals surface area contributed by atoms with Crippen LogP contribution in [0.1, 0.15) is 27.2 Å². The first-order valence-corrected chi connectivity index (χ1v) is 8.09. The summed E-state index contributed by atoms with van der Waals surface area (Å²) < 4.78 is 0. The second-order valence-electron chi connectivity index (χ2n) is 6.09. The van der Waals surface area contributed by atoms with Crippen molar-refractivity contribution >= 4 is 17.4 Å². The summed E-state index contributed by atoms with van der Waals surface area (Å²) in [5, 5.41) is 13.8. The molecule has 2 aromatic carbocycles. The molecule has 0 aliphatic rings. The quantitative estimate of drug-likeness (QED) is 0.749. The molecule has 6 nitrogen and oxygen atoms in total. The van der Waals surface area contributed by atoms with Crippen LogP contribution in [0.2, 0.25) is 0 Å². The van der Waals surface area contributed by atoms with Gasteiger partial charge in [-0.3, -0.25) is 4.79 Å². The van der Waals surface area contributed by atoms with Crippen molar-refractivity contribution in [2.45, 2.75) is 20.4 Å². The third kappa shape index (κ3) is 3.85. The number of hydrogen-bond donors (Lipinski definition) is 2. The van der Waals surface area contributed by atoms with Crippen LogP contribution in [0.25, 0.3) is 0 Å². The third-order valence-electron chi connectivity index (χ3n) is 4.13. The molecule has 1 amide bonds. The molecule has 0 fully saturated rings. The van der Waals surface area contributed by atoms with Gasteiger partial charge in [-0.1, -0.05) is 36.4 Å². The number of amides is 1. The molecule has 0 atom stereocenters. The smallest absolute Gasteiger partial charge is 0.278 e. The van der Waals surface area contributed by atoms with Gasteiger partial charge in [0.15, 0.2) is 11.5 Å². The van der Waals surface area contributed by atoms with Crippen LogP contribution in [0.15, 0.2) is 48.5 Å². The summed E-state index contributed by atoms with van der Waals surface area (Å²) in [6.45, 7) is 4.61. The Bertz CT molecular complexity index is 873. The SMILES string of the molecule is Cc1ccc(Nc2n[nH]nc2C(=O)N(C)Cc2ccccc2)cc1C. The number of H-pyrrole nitrogens is 1. The third-order valence-corrected chi connectivity index (χ3v) is 4.13. The molecule has 3 aromatic rings. The van der Waals surface area contributed by atoms with Gasteiger partial charge in [-0.15, -0.1) is 10.2 Å². The van der Waals surface area contributed by atoms with Crippen molar-refractivity contribution in [3.8, 4) is 0 Å². The van der Waals surface area contributed by atoms with Gasteiger partial charge in [-0.2, -0.15) is 5.21 Å². The second-order valence-corrected chi connectivity index (χ2v) is 6.09. The first kappa shape index (κ1) is 16.7. The molecule has 128 valence electrons. The van der Waals surface area contributed by atoms with E-state index in [4.69, 9.17) is 0 Å². The maximum atomic E-state index is 12.7. The van der Waals surface area contributed by atoms with E-state index in [2.05, 4.69) is 27.7 Å². The van der Waals surface area contributed by atoms with Crippen LogP contribution in [0, 0.1) is 13.8 Å². The molecule has 25 heavy (non-hydrogen) atoms. The van der Waals surface area contributed by atoms with Gasteiger partial charge in [0.2, 0.25) is 0 Å². The average molecular weight is 335 g/mol. The number of nitrogens with zero attached hydrogens (tertiary/aromatic N) is 3. The van der Waals surface area contributed by atoms with E-state index in [1.54, 1.807) is 11.9 Å². The Morgan fingerprint density at radius 2 is 1.84 bits per heavy atom. The normalized spacial score (nSPS) is 10.5. The van der Waals surface area contributed by atoms with Gasteiger partial charge in [0.05, 0.1) is 0 Å². The van der Waals surface area contributed by atoms with Crippen LogP contribution in [0.5, 0.6) is 0 Å². The molecule has 0 aliphatic carbocycles. The minimum Gasteiger partial charge on any atom is -0.337 e. The maximum absolute atomic E-state index is 12.7. The lowest BCUT2D eigenvalue weighted by Gasteiger charge is -2.16. The first-order valence-electron chi connectivity index (χ1n) is 8.09. The molecule has 1 aromatic heterocycles. The minimum absolute atomic E-state index is 0.191. The summed E-state index contributed by atoms with van der Waals surface area (Å²) in [4.78, 5) is 14.3. The van der Waals surface area contributed by atoms with Gasteiger partial charge in [0, 0.05) is 19.3 Å². The largest absolute Gasteiger partial charge is 0.337 e. The zero-order chi connectivity index (χ0) is 17.8. The molecule has 3 rings (SSSR count). The highest BCUT2D eigenvalue weighted by atomic mass is 16.2. The number of rotatable bonds is 5. The Morgan fingerprint density at radius 1 is 1.08 bits per heavy atom. The van der Waals surface area contributed by atoms with Gasteiger partial charge >= 0.3 is 0 Å². The topological polar surface area (TPSA) is 73.9 Å². The summed E-state index contributed by atoms with van der Waals surface area (Å²) in [7, 11) is 1.75. The van der Waals surface area contributed by atoms with Gasteiger partial charge < -0.3 is 10.2 Å². The van der Waals surface area contributed by atoms with Crippen LogP contribution in [-0.4, -0.2) is 33.3 Å². The predicted molar refractivity (Wildman–Crippen MR) is 97.8 cm³/mol. The van der Waals surface area contributed by atoms with Crippen molar-refractivity contribution in [3.05, 3.63) is 70.9 Å². The van der Waals surface area contributed by atoms with Crippen molar-refractivity contribution in [3.63, 3.8) is 0 Å². The van der Waals surface area contributed by atoms with E-state index in [1.165, 1.54) is 11.1 Å². The monoisotopic (exact) mass is 335 g/mol. The molecule has 0 radical (unpaired) electrons. The molecule has 0 bridgehead atoms. The Labute approximate surface area is 146 Å². The van der Waals surface area contributed by atoms with Gasteiger partial charge in [0.1, 0.15) is 0 Å². The molecule has 0 spiro atoms. The molecular formula is C19H21N5O. The number of benzene rings is 2. The maximum Gasteiger partial charge on any atom is 0.278 e. The Hall–Kier alpha value is -3.15. The van der Waals surface area contributed by atoms with Crippen LogP contribution in [0.3, 0.4) is 0 Å². The van der Waals surface area contributed by atoms with E-state index in [1.807, 2.05) is 55.5 Å². The zero-order valence-electron chi connectivity index (χ0n) is 14.6.